The van der Waals surface area contributed by atoms with Crippen LogP contribution in [-0.4, -0.2) is 47.8 Å². The minimum absolute atomic E-state index is 0.155. The molecule has 0 saturated heterocycles. The third-order valence-electron chi connectivity index (χ3n) is 3.66. The summed E-state index contributed by atoms with van der Waals surface area (Å²) < 4.78 is 37.0. The predicted octanol–water partition coefficient (Wildman–Crippen LogP) is 2.71. The summed E-state index contributed by atoms with van der Waals surface area (Å²) in [5.41, 5.74) is 1.02. The quantitative estimate of drug-likeness (QED) is 0.807. The number of nitrogens with one attached hydrogen (secondary N) is 1. The van der Waals surface area contributed by atoms with Crippen LogP contribution in [0, 0.1) is 0 Å². The minimum atomic E-state index is -4.33. The SMILES string of the molecule is C[C@H](CCc1ccc(O)cc1)NC(=O)[C@H](C)N(C)CC(F)(F)F. The lowest BCUT2D eigenvalue weighted by molar-refractivity contribution is -0.151. The van der Waals surface area contributed by atoms with E-state index in [9.17, 15) is 23.1 Å². The molecule has 23 heavy (non-hydrogen) atoms. The van der Waals surface area contributed by atoms with Crippen molar-refractivity contribution in [3.8, 4) is 5.75 Å². The van der Waals surface area contributed by atoms with E-state index in [1.807, 2.05) is 6.92 Å². The van der Waals surface area contributed by atoms with Crippen molar-refractivity contribution in [1.29, 1.82) is 0 Å². The van der Waals surface area contributed by atoms with E-state index in [1.54, 1.807) is 24.3 Å². The number of phenols is 1. The van der Waals surface area contributed by atoms with Gasteiger partial charge in [-0.25, -0.2) is 0 Å². The van der Waals surface area contributed by atoms with Gasteiger partial charge >= 0.3 is 6.18 Å². The standard InChI is InChI=1S/C16H23F3N2O2/c1-11(4-5-13-6-8-14(22)9-7-13)20-15(23)12(2)21(3)10-16(17,18)19/h6-9,11-12,22H,4-5,10H2,1-3H3,(H,20,23)/t11-,12+/m1/s1. The van der Waals surface area contributed by atoms with E-state index in [0.29, 0.717) is 12.8 Å². The molecule has 0 aliphatic rings. The van der Waals surface area contributed by atoms with Crippen LogP contribution in [0.1, 0.15) is 25.8 Å². The van der Waals surface area contributed by atoms with Gasteiger partial charge in [0.05, 0.1) is 12.6 Å². The van der Waals surface area contributed by atoms with E-state index in [1.165, 1.54) is 14.0 Å². The number of hydrogen-bond donors (Lipinski definition) is 2. The molecule has 130 valence electrons. The van der Waals surface area contributed by atoms with Crippen molar-refractivity contribution in [2.75, 3.05) is 13.6 Å². The van der Waals surface area contributed by atoms with E-state index in [0.717, 1.165) is 10.5 Å². The first-order valence-corrected chi connectivity index (χ1v) is 7.44. The predicted molar refractivity (Wildman–Crippen MR) is 82.2 cm³/mol. The summed E-state index contributed by atoms with van der Waals surface area (Å²) >= 11 is 0. The van der Waals surface area contributed by atoms with Gasteiger partial charge in [0.1, 0.15) is 5.75 Å². The Labute approximate surface area is 134 Å². The number of carbonyl (C=O) groups excluding carboxylic acids is 1. The van der Waals surface area contributed by atoms with Crippen molar-refractivity contribution in [1.82, 2.24) is 10.2 Å². The highest BCUT2D eigenvalue weighted by Gasteiger charge is 2.32. The van der Waals surface area contributed by atoms with Crippen molar-refractivity contribution in [3.63, 3.8) is 0 Å². The van der Waals surface area contributed by atoms with Gasteiger partial charge in [-0.3, -0.25) is 9.69 Å². The average molecular weight is 332 g/mol. The maximum Gasteiger partial charge on any atom is 0.401 e. The third kappa shape index (κ3) is 7.36. The molecule has 0 aliphatic carbocycles. The van der Waals surface area contributed by atoms with Crippen molar-refractivity contribution in [3.05, 3.63) is 29.8 Å². The molecule has 7 heteroatoms. The minimum Gasteiger partial charge on any atom is -0.508 e. The highest BCUT2D eigenvalue weighted by molar-refractivity contribution is 5.81. The van der Waals surface area contributed by atoms with Crippen molar-refractivity contribution in [2.24, 2.45) is 0 Å². The molecule has 1 amide bonds. The summed E-state index contributed by atoms with van der Waals surface area (Å²) in [6, 6.07) is 5.76. The molecule has 1 aromatic carbocycles. The Bertz CT molecular complexity index is 503. The molecular formula is C16H23F3N2O2. The first-order chi connectivity index (χ1) is 10.6. The number of rotatable bonds is 7. The molecule has 0 heterocycles. The van der Waals surface area contributed by atoms with Gasteiger partial charge in [-0.15, -0.1) is 0 Å². The normalized spacial score (nSPS) is 14.6. The highest BCUT2D eigenvalue weighted by Crippen LogP contribution is 2.17. The molecule has 0 radical (unpaired) electrons. The summed E-state index contributed by atoms with van der Waals surface area (Å²) in [5.74, 6) is -0.230. The lowest BCUT2D eigenvalue weighted by Crippen LogP contribution is -2.48. The second-order valence-corrected chi connectivity index (χ2v) is 5.82. The number of hydrogen-bond acceptors (Lipinski definition) is 3. The Morgan fingerprint density at radius 3 is 2.35 bits per heavy atom. The van der Waals surface area contributed by atoms with Crippen LogP contribution in [0.4, 0.5) is 13.2 Å². The van der Waals surface area contributed by atoms with Gasteiger partial charge in [-0.1, -0.05) is 12.1 Å². The van der Waals surface area contributed by atoms with E-state index < -0.39 is 24.7 Å². The topological polar surface area (TPSA) is 52.6 Å². The molecule has 2 N–H and O–H groups in total. The third-order valence-corrected chi connectivity index (χ3v) is 3.66. The molecule has 0 aliphatic heterocycles. The van der Waals surface area contributed by atoms with Crippen LogP contribution in [0.15, 0.2) is 24.3 Å². The van der Waals surface area contributed by atoms with Crippen LogP contribution in [-0.2, 0) is 11.2 Å². The number of aryl methyl sites for hydroxylation is 1. The average Bonchev–Trinajstić information content (AvgIpc) is 2.44. The number of nitrogens with zero attached hydrogens (tertiary/aromatic N) is 1. The van der Waals surface area contributed by atoms with Crippen LogP contribution in [0.25, 0.3) is 0 Å². The monoisotopic (exact) mass is 332 g/mol. The molecule has 0 spiro atoms. The van der Waals surface area contributed by atoms with E-state index in [-0.39, 0.29) is 11.8 Å². The van der Waals surface area contributed by atoms with Crippen LogP contribution in [0.2, 0.25) is 0 Å². The molecule has 0 unspecified atom stereocenters. The Kier molecular flexibility index (Phi) is 6.87. The fourth-order valence-corrected chi connectivity index (χ4v) is 2.10. The summed E-state index contributed by atoms with van der Waals surface area (Å²) in [7, 11) is 1.28. The Hall–Kier alpha value is -1.76. The first-order valence-electron chi connectivity index (χ1n) is 7.44. The summed E-state index contributed by atoms with van der Waals surface area (Å²) in [5, 5.41) is 11.9. The van der Waals surface area contributed by atoms with Crippen molar-refractivity contribution < 1.29 is 23.1 Å². The Morgan fingerprint density at radius 2 is 1.83 bits per heavy atom. The van der Waals surface area contributed by atoms with E-state index in [2.05, 4.69) is 5.32 Å². The summed E-state index contributed by atoms with van der Waals surface area (Å²) in [6.45, 7) is 2.14. The van der Waals surface area contributed by atoms with Gasteiger partial charge in [0.2, 0.25) is 5.91 Å². The first kappa shape index (κ1) is 19.3. The highest BCUT2D eigenvalue weighted by atomic mass is 19.4. The Morgan fingerprint density at radius 1 is 1.26 bits per heavy atom. The van der Waals surface area contributed by atoms with Gasteiger partial charge in [-0.05, 0) is 51.4 Å². The zero-order valence-electron chi connectivity index (χ0n) is 13.5. The molecule has 0 saturated carbocycles. The summed E-state index contributed by atoms with van der Waals surface area (Å²) in [6.07, 6.45) is -2.96. The van der Waals surface area contributed by atoms with Gasteiger partial charge < -0.3 is 10.4 Å². The zero-order chi connectivity index (χ0) is 17.6. The molecule has 4 nitrogen and oxygen atoms in total. The lowest BCUT2D eigenvalue weighted by atomic mass is 10.1. The molecule has 0 bridgehead atoms. The number of alkyl halides is 3. The van der Waals surface area contributed by atoms with Gasteiger partial charge in [0, 0.05) is 6.04 Å². The summed E-state index contributed by atoms with van der Waals surface area (Å²) in [4.78, 5) is 13.0. The van der Waals surface area contributed by atoms with Crippen LogP contribution >= 0.6 is 0 Å². The number of halogens is 3. The van der Waals surface area contributed by atoms with Crippen molar-refractivity contribution in [2.45, 2.75) is 44.9 Å². The zero-order valence-corrected chi connectivity index (χ0v) is 13.5. The van der Waals surface area contributed by atoms with Gasteiger partial charge in [-0.2, -0.15) is 13.2 Å². The maximum atomic E-state index is 12.3. The lowest BCUT2D eigenvalue weighted by Gasteiger charge is -2.26. The Balaban J connectivity index is 2.41. The molecule has 2 atom stereocenters. The largest absolute Gasteiger partial charge is 0.508 e. The second kappa shape index (κ2) is 8.19. The number of phenolic OH excluding ortho intramolecular Hbond substituents is 1. The smallest absolute Gasteiger partial charge is 0.401 e. The van der Waals surface area contributed by atoms with E-state index >= 15 is 0 Å². The number of aromatic hydroxyl groups is 1. The van der Waals surface area contributed by atoms with Crippen LogP contribution in [0.5, 0.6) is 5.75 Å². The van der Waals surface area contributed by atoms with Crippen LogP contribution < -0.4 is 5.32 Å². The number of benzene rings is 1. The number of likely N-dealkylation sites (N-methyl/N-ethyl adjacent to an activating group) is 1. The molecule has 0 fully saturated rings. The van der Waals surface area contributed by atoms with Gasteiger partial charge in [0.25, 0.3) is 0 Å². The second-order valence-electron chi connectivity index (χ2n) is 5.82. The van der Waals surface area contributed by atoms with Crippen molar-refractivity contribution >= 4 is 5.91 Å². The number of amides is 1. The number of carbonyl (C=O) groups is 1. The van der Waals surface area contributed by atoms with Crippen LogP contribution in [0.3, 0.4) is 0 Å². The van der Waals surface area contributed by atoms with Gasteiger partial charge in [0.15, 0.2) is 0 Å². The molecule has 0 aromatic heterocycles. The fourth-order valence-electron chi connectivity index (χ4n) is 2.10. The molecule has 1 rings (SSSR count). The fraction of sp³-hybridized carbons (Fsp3) is 0.562. The maximum absolute atomic E-state index is 12.3. The molecule has 1 aromatic rings. The van der Waals surface area contributed by atoms with E-state index in [4.69, 9.17) is 0 Å². The molecular weight excluding hydrogens is 309 g/mol.